The molecule has 90 valence electrons. The fraction of sp³-hybridized carbons (Fsp3) is 0.538. The van der Waals surface area contributed by atoms with E-state index in [1.54, 1.807) is 0 Å². The summed E-state index contributed by atoms with van der Waals surface area (Å²) in [7, 11) is 2.16. The number of alkyl halides is 1. The van der Waals surface area contributed by atoms with Crippen LogP contribution < -0.4 is 4.90 Å². The first-order valence-electron chi connectivity index (χ1n) is 5.60. The standard InChI is InChI=1S/C13H19Br2N/c1-10(2)6-7-16(3)13-8-12(15)5-4-11(13)9-14/h4-5,8,10H,6-7,9H2,1-3H3. The molecule has 0 saturated carbocycles. The summed E-state index contributed by atoms with van der Waals surface area (Å²) in [6, 6.07) is 6.45. The molecule has 3 heteroatoms. The zero-order chi connectivity index (χ0) is 12.1. The zero-order valence-corrected chi connectivity index (χ0v) is 13.3. The van der Waals surface area contributed by atoms with E-state index in [9.17, 15) is 0 Å². The fourth-order valence-electron chi connectivity index (χ4n) is 1.58. The molecule has 0 spiro atoms. The molecule has 0 unspecified atom stereocenters. The van der Waals surface area contributed by atoms with Gasteiger partial charge in [-0.15, -0.1) is 0 Å². The van der Waals surface area contributed by atoms with E-state index >= 15 is 0 Å². The molecule has 0 aliphatic heterocycles. The molecule has 0 bridgehead atoms. The Bertz CT molecular complexity index is 337. The van der Waals surface area contributed by atoms with Gasteiger partial charge in [0.2, 0.25) is 0 Å². The number of halogens is 2. The number of rotatable bonds is 5. The van der Waals surface area contributed by atoms with Crippen molar-refractivity contribution in [3.63, 3.8) is 0 Å². The second-order valence-corrected chi connectivity index (χ2v) is 5.99. The van der Waals surface area contributed by atoms with Crippen molar-refractivity contribution in [2.75, 3.05) is 18.5 Å². The summed E-state index contributed by atoms with van der Waals surface area (Å²) in [5.74, 6) is 0.752. The molecule has 0 heterocycles. The van der Waals surface area contributed by atoms with Gasteiger partial charge in [-0.25, -0.2) is 0 Å². The highest BCUT2D eigenvalue weighted by molar-refractivity contribution is 9.10. The Morgan fingerprint density at radius 3 is 2.56 bits per heavy atom. The lowest BCUT2D eigenvalue weighted by atomic mass is 10.1. The van der Waals surface area contributed by atoms with E-state index in [1.165, 1.54) is 17.7 Å². The number of anilines is 1. The highest BCUT2D eigenvalue weighted by Crippen LogP contribution is 2.26. The monoisotopic (exact) mass is 347 g/mol. The van der Waals surface area contributed by atoms with Gasteiger partial charge in [-0.2, -0.15) is 0 Å². The maximum absolute atomic E-state index is 3.54. The van der Waals surface area contributed by atoms with E-state index in [-0.39, 0.29) is 0 Å². The van der Waals surface area contributed by atoms with Gasteiger partial charge in [0, 0.05) is 29.1 Å². The van der Waals surface area contributed by atoms with Gasteiger partial charge in [0.1, 0.15) is 0 Å². The molecule has 1 nitrogen and oxygen atoms in total. The van der Waals surface area contributed by atoms with E-state index in [2.05, 4.69) is 75.9 Å². The topological polar surface area (TPSA) is 3.24 Å². The second-order valence-electron chi connectivity index (χ2n) is 4.51. The second kappa shape index (κ2) is 6.65. The Hall–Kier alpha value is -0.0200. The molecule has 0 aliphatic rings. The van der Waals surface area contributed by atoms with Crippen LogP contribution in [0.25, 0.3) is 0 Å². The van der Waals surface area contributed by atoms with Crippen LogP contribution >= 0.6 is 31.9 Å². The van der Waals surface area contributed by atoms with Crippen molar-refractivity contribution in [2.45, 2.75) is 25.6 Å². The van der Waals surface area contributed by atoms with E-state index in [4.69, 9.17) is 0 Å². The molecular formula is C13H19Br2N. The first-order valence-corrected chi connectivity index (χ1v) is 7.51. The van der Waals surface area contributed by atoms with Crippen molar-refractivity contribution >= 4 is 37.5 Å². The minimum Gasteiger partial charge on any atom is -0.374 e. The summed E-state index contributed by atoms with van der Waals surface area (Å²) in [5.41, 5.74) is 2.65. The Morgan fingerprint density at radius 2 is 2.00 bits per heavy atom. The Morgan fingerprint density at radius 1 is 1.31 bits per heavy atom. The molecule has 0 saturated heterocycles. The zero-order valence-electron chi connectivity index (χ0n) is 10.1. The Balaban J connectivity index is 2.80. The molecule has 16 heavy (non-hydrogen) atoms. The maximum Gasteiger partial charge on any atom is 0.0416 e. The minimum atomic E-state index is 0.752. The number of nitrogens with zero attached hydrogens (tertiary/aromatic N) is 1. The molecule has 0 fully saturated rings. The highest BCUT2D eigenvalue weighted by Gasteiger charge is 2.07. The fourth-order valence-corrected chi connectivity index (χ4v) is 2.40. The predicted molar refractivity (Wildman–Crippen MR) is 79.5 cm³/mol. The molecule has 1 aromatic rings. The third-order valence-corrected chi connectivity index (χ3v) is 3.74. The van der Waals surface area contributed by atoms with Crippen molar-refractivity contribution in [3.05, 3.63) is 28.2 Å². The van der Waals surface area contributed by atoms with E-state index in [1.807, 2.05) is 0 Å². The smallest absolute Gasteiger partial charge is 0.0416 e. The number of benzene rings is 1. The summed E-state index contributed by atoms with van der Waals surface area (Å²) in [6.45, 7) is 5.63. The molecule has 1 rings (SSSR count). The van der Waals surface area contributed by atoms with Crippen molar-refractivity contribution in [1.82, 2.24) is 0 Å². The van der Waals surface area contributed by atoms with Gasteiger partial charge in [0.15, 0.2) is 0 Å². The summed E-state index contributed by atoms with van der Waals surface area (Å²) in [6.07, 6.45) is 1.23. The molecule has 0 aromatic heterocycles. The van der Waals surface area contributed by atoms with Crippen LogP contribution in [0, 0.1) is 5.92 Å². The Labute approximate surface area is 115 Å². The highest BCUT2D eigenvalue weighted by atomic mass is 79.9. The lowest BCUT2D eigenvalue weighted by Gasteiger charge is -2.23. The van der Waals surface area contributed by atoms with Crippen LogP contribution in [0.15, 0.2) is 22.7 Å². The van der Waals surface area contributed by atoms with E-state index in [0.29, 0.717) is 0 Å². The first-order chi connectivity index (χ1) is 7.54. The molecule has 0 N–H and O–H groups in total. The van der Waals surface area contributed by atoms with Crippen molar-refractivity contribution < 1.29 is 0 Å². The van der Waals surface area contributed by atoms with E-state index < -0.39 is 0 Å². The van der Waals surface area contributed by atoms with Crippen molar-refractivity contribution in [1.29, 1.82) is 0 Å². The minimum absolute atomic E-state index is 0.752. The third-order valence-electron chi connectivity index (χ3n) is 2.64. The summed E-state index contributed by atoms with van der Waals surface area (Å²) < 4.78 is 1.14. The van der Waals surface area contributed by atoms with Gasteiger partial charge < -0.3 is 4.90 Å². The first kappa shape index (κ1) is 14.0. The van der Waals surface area contributed by atoms with Crippen LogP contribution in [0.5, 0.6) is 0 Å². The number of hydrogen-bond donors (Lipinski definition) is 0. The van der Waals surface area contributed by atoms with Crippen LogP contribution in [0.4, 0.5) is 5.69 Å². The van der Waals surface area contributed by atoms with Gasteiger partial charge in [-0.3, -0.25) is 0 Å². The molecule has 0 atom stereocenters. The average Bonchev–Trinajstić information content (AvgIpc) is 2.25. The normalized spacial score (nSPS) is 10.9. The predicted octanol–water partition coefficient (Wildman–Crippen LogP) is 4.83. The van der Waals surface area contributed by atoms with E-state index in [0.717, 1.165) is 22.3 Å². The van der Waals surface area contributed by atoms with Gasteiger partial charge in [0.05, 0.1) is 0 Å². The van der Waals surface area contributed by atoms with Crippen LogP contribution in [0.3, 0.4) is 0 Å². The lowest BCUT2D eigenvalue weighted by molar-refractivity contribution is 0.585. The Kier molecular flexibility index (Phi) is 5.84. The van der Waals surface area contributed by atoms with Gasteiger partial charge >= 0.3 is 0 Å². The molecule has 1 aromatic carbocycles. The number of hydrogen-bond acceptors (Lipinski definition) is 1. The summed E-state index contributed by atoms with van der Waals surface area (Å²) in [5, 5.41) is 0.904. The summed E-state index contributed by atoms with van der Waals surface area (Å²) in [4.78, 5) is 2.33. The average molecular weight is 349 g/mol. The van der Waals surface area contributed by atoms with Gasteiger partial charge in [-0.05, 0) is 30.0 Å². The van der Waals surface area contributed by atoms with Crippen LogP contribution in [-0.4, -0.2) is 13.6 Å². The molecular weight excluding hydrogens is 330 g/mol. The third kappa shape index (κ3) is 4.10. The van der Waals surface area contributed by atoms with Crippen molar-refractivity contribution in [2.24, 2.45) is 5.92 Å². The van der Waals surface area contributed by atoms with Crippen molar-refractivity contribution in [3.8, 4) is 0 Å². The van der Waals surface area contributed by atoms with Gasteiger partial charge in [-0.1, -0.05) is 51.8 Å². The van der Waals surface area contributed by atoms with Crippen LogP contribution in [-0.2, 0) is 5.33 Å². The quantitative estimate of drug-likeness (QED) is 0.689. The molecule has 0 amide bonds. The molecule has 0 radical (unpaired) electrons. The summed E-state index contributed by atoms with van der Waals surface area (Å²) >= 11 is 7.07. The maximum atomic E-state index is 3.54. The lowest BCUT2D eigenvalue weighted by Crippen LogP contribution is -2.21. The molecule has 0 aliphatic carbocycles. The van der Waals surface area contributed by atoms with Crippen LogP contribution in [0.2, 0.25) is 0 Å². The van der Waals surface area contributed by atoms with Gasteiger partial charge in [0.25, 0.3) is 0 Å². The SMILES string of the molecule is CC(C)CCN(C)c1cc(Br)ccc1CBr. The van der Waals surface area contributed by atoms with Crippen LogP contribution in [0.1, 0.15) is 25.8 Å². The largest absolute Gasteiger partial charge is 0.374 e.